The fraction of sp³-hybridized carbons (Fsp3) is 0.231. The highest BCUT2D eigenvalue weighted by Gasteiger charge is 2.35. The summed E-state index contributed by atoms with van der Waals surface area (Å²) in [6, 6.07) is 22.3. The van der Waals surface area contributed by atoms with E-state index >= 15 is 0 Å². The van der Waals surface area contributed by atoms with E-state index in [1.807, 2.05) is 59.8 Å². The molecule has 0 amide bonds. The molecule has 4 nitrogen and oxygen atoms in total. The smallest absolute Gasteiger partial charge is 0.262 e. The van der Waals surface area contributed by atoms with Crippen molar-refractivity contribution in [1.82, 2.24) is 9.55 Å². The van der Waals surface area contributed by atoms with Gasteiger partial charge in [0, 0.05) is 18.4 Å². The first-order chi connectivity index (χ1) is 15.0. The number of fused-ring (bicyclic) bond motifs is 1. The van der Waals surface area contributed by atoms with Gasteiger partial charge in [0.25, 0.3) is 5.56 Å². The molecule has 5 rings (SSSR count). The van der Waals surface area contributed by atoms with Crippen LogP contribution in [0.5, 0.6) is 0 Å². The van der Waals surface area contributed by atoms with Crippen molar-refractivity contribution in [1.29, 1.82) is 0 Å². The first-order valence-corrected chi connectivity index (χ1v) is 10.6. The summed E-state index contributed by atoms with van der Waals surface area (Å²) < 4.78 is 15.2. The molecule has 3 aromatic carbocycles. The van der Waals surface area contributed by atoms with Crippen molar-refractivity contribution in [3.63, 3.8) is 0 Å². The van der Waals surface area contributed by atoms with E-state index in [1.165, 1.54) is 12.1 Å². The number of anilines is 2. The fourth-order valence-electron chi connectivity index (χ4n) is 4.34. The maximum atomic E-state index is 13.7. The zero-order valence-electron chi connectivity index (χ0n) is 17.6. The highest BCUT2D eigenvalue weighted by Crippen LogP contribution is 2.43. The Morgan fingerprint density at radius 3 is 2.35 bits per heavy atom. The molecule has 1 aliphatic rings. The molecule has 5 heteroatoms. The Balaban J connectivity index is 1.63. The van der Waals surface area contributed by atoms with E-state index in [0.717, 1.165) is 35.6 Å². The Morgan fingerprint density at radius 2 is 1.68 bits per heavy atom. The van der Waals surface area contributed by atoms with Crippen LogP contribution in [0.25, 0.3) is 10.9 Å². The number of aryl methyl sites for hydroxylation is 1. The lowest BCUT2D eigenvalue weighted by atomic mass is 10.0. The van der Waals surface area contributed by atoms with Crippen LogP contribution >= 0.6 is 0 Å². The van der Waals surface area contributed by atoms with Gasteiger partial charge in [0.15, 0.2) is 0 Å². The molecule has 0 bridgehead atoms. The third-order valence-electron chi connectivity index (χ3n) is 6.15. The Labute approximate surface area is 180 Å². The highest BCUT2D eigenvalue weighted by atomic mass is 19.1. The summed E-state index contributed by atoms with van der Waals surface area (Å²) in [6.07, 6.45) is 2.24. The highest BCUT2D eigenvalue weighted by molar-refractivity contribution is 5.83. The summed E-state index contributed by atoms with van der Waals surface area (Å²) in [6.45, 7) is 1.91. The second-order valence-electron chi connectivity index (χ2n) is 8.26. The van der Waals surface area contributed by atoms with Crippen LogP contribution in [-0.4, -0.2) is 16.6 Å². The third-order valence-corrected chi connectivity index (χ3v) is 6.15. The lowest BCUT2D eigenvalue weighted by Crippen LogP contribution is -2.30. The number of nitrogens with zero attached hydrogens (tertiary/aromatic N) is 3. The summed E-state index contributed by atoms with van der Waals surface area (Å²) in [5.74, 6) is 0.922. The van der Waals surface area contributed by atoms with Crippen molar-refractivity contribution in [3.05, 3.63) is 100 Å². The zero-order chi connectivity index (χ0) is 21.5. The molecule has 1 aliphatic carbocycles. The Hall–Kier alpha value is -3.47. The zero-order valence-corrected chi connectivity index (χ0v) is 17.6. The predicted molar refractivity (Wildman–Crippen MR) is 123 cm³/mol. The van der Waals surface area contributed by atoms with Gasteiger partial charge < -0.3 is 4.90 Å². The lowest BCUT2D eigenvalue weighted by Gasteiger charge is -2.23. The van der Waals surface area contributed by atoms with Gasteiger partial charge in [-0.25, -0.2) is 9.37 Å². The van der Waals surface area contributed by atoms with Crippen molar-refractivity contribution in [3.8, 4) is 0 Å². The molecule has 1 heterocycles. The van der Waals surface area contributed by atoms with E-state index in [9.17, 15) is 9.18 Å². The minimum absolute atomic E-state index is 0.00378. The maximum absolute atomic E-state index is 13.7. The Bertz CT molecular complexity index is 1290. The number of aromatic nitrogens is 2. The number of benzene rings is 3. The fourth-order valence-corrected chi connectivity index (χ4v) is 4.34. The van der Waals surface area contributed by atoms with Gasteiger partial charge in [-0.05, 0) is 73.7 Å². The van der Waals surface area contributed by atoms with Gasteiger partial charge in [0.05, 0.1) is 16.9 Å². The minimum Gasteiger partial charge on any atom is -0.345 e. The van der Waals surface area contributed by atoms with Crippen LogP contribution in [0.1, 0.15) is 30.3 Å². The molecule has 31 heavy (non-hydrogen) atoms. The molecule has 156 valence electrons. The van der Waals surface area contributed by atoms with Gasteiger partial charge in [-0.3, -0.25) is 9.36 Å². The standard InChI is InChI=1S/C26H24FN3O/c1-17-28-24-15-14-22(29(2)21-12-10-20(27)11-13-21)16-23(24)26(31)30(17)25(19-8-9-19)18-6-4-3-5-7-18/h3-7,10-16,19,25H,8-9H2,1-2H3. The molecule has 0 N–H and O–H groups in total. The Kier molecular flexibility index (Phi) is 4.81. The quantitative estimate of drug-likeness (QED) is 0.427. The molecule has 1 fully saturated rings. The van der Waals surface area contributed by atoms with E-state index in [-0.39, 0.29) is 17.4 Å². The molecule has 0 radical (unpaired) electrons. The maximum Gasteiger partial charge on any atom is 0.262 e. The molecular weight excluding hydrogens is 389 g/mol. The SMILES string of the molecule is Cc1nc2ccc(N(C)c3ccc(F)cc3)cc2c(=O)n1C(c1ccccc1)C1CC1. The van der Waals surface area contributed by atoms with Gasteiger partial charge in [-0.15, -0.1) is 0 Å². The summed E-state index contributed by atoms with van der Waals surface area (Å²) in [5.41, 5.74) is 3.53. The monoisotopic (exact) mass is 413 g/mol. The second kappa shape index (κ2) is 7.65. The van der Waals surface area contributed by atoms with Gasteiger partial charge in [-0.1, -0.05) is 30.3 Å². The van der Waals surface area contributed by atoms with E-state index in [0.29, 0.717) is 16.8 Å². The molecular formula is C26H24FN3O. The van der Waals surface area contributed by atoms with Crippen molar-refractivity contribution < 1.29 is 4.39 Å². The van der Waals surface area contributed by atoms with E-state index in [2.05, 4.69) is 12.1 Å². The van der Waals surface area contributed by atoms with Gasteiger partial charge >= 0.3 is 0 Å². The summed E-state index contributed by atoms with van der Waals surface area (Å²) in [5, 5.41) is 0.596. The first-order valence-electron chi connectivity index (χ1n) is 10.6. The minimum atomic E-state index is -0.273. The number of hydrogen-bond acceptors (Lipinski definition) is 3. The number of rotatable bonds is 5. The Morgan fingerprint density at radius 1 is 1.00 bits per heavy atom. The molecule has 0 saturated heterocycles. The topological polar surface area (TPSA) is 38.1 Å². The van der Waals surface area contributed by atoms with Crippen molar-refractivity contribution in [2.24, 2.45) is 5.92 Å². The van der Waals surface area contributed by atoms with Gasteiger partial charge in [0.2, 0.25) is 0 Å². The van der Waals surface area contributed by atoms with Crippen molar-refractivity contribution >= 4 is 22.3 Å². The average molecular weight is 413 g/mol. The van der Waals surface area contributed by atoms with E-state index in [1.54, 1.807) is 12.1 Å². The number of halogens is 1. The summed E-state index contributed by atoms with van der Waals surface area (Å²) >= 11 is 0. The summed E-state index contributed by atoms with van der Waals surface area (Å²) in [4.78, 5) is 20.4. The van der Waals surface area contributed by atoms with Gasteiger partial charge in [0.1, 0.15) is 11.6 Å². The average Bonchev–Trinajstić information content (AvgIpc) is 3.62. The first kappa shape index (κ1) is 19.5. The van der Waals surface area contributed by atoms with E-state index in [4.69, 9.17) is 4.98 Å². The number of hydrogen-bond donors (Lipinski definition) is 0. The van der Waals surface area contributed by atoms with Gasteiger partial charge in [-0.2, -0.15) is 0 Å². The second-order valence-corrected chi connectivity index (χ2v) is 8.26. The molecule has 1 aromatic heterocycles. The molecule has 0 aliphatic heterocycles. The predicted octanol–water partition coefficient (Wildman–Crippen LogP) is 5.61. The molecule has 4 aromatic rings. The normalized spacial score (nSPS) is 14.5. The van der Waals surface area contributed by atoms with Crippen LogP contribution in [0.3, 0.4) is 0 Å². The van der Waals surface area contributed by atoms with Crippen molar-refractivity contribution in [2.75, 3.05) is 11.9 Å². The van der Waals surface area contributed by atoms with Crippen LogP contribution in [0.2, 0.25) is 0 Å². The molecule has 0 spiro atoms. The van der Waals surface area contributed by atoms with E-state index < -0.39 is 0 Å². The third kappa shape index (κ3) is 3.61. The van der Waals surface area contributed by atoms with Crippen LogP contribution in [0, 0.1) is 18.7 Å². The lowest BCUT2D eigenvalue weighted by molar-refractivity contribution is 0.489. The van der Waals surface area contributed by atoms with Crippen LogP contribution < -0.4 is 10.5 Å². The summed E-state index contributed by atoms with van der Waals surface area (Å²) in [7, 11) is 1.91. The van der Waals surface area contributed by atoms with Crippen molar-refractivity contribution in [2.45, 2.75) is 25.8 Å². The largest absolute Gasteiger partial charge is 0.345 e. The van der Waals surface area contributed by atoms with Crippen LogP contribution in [0.4, 0.5) is 15.8 Å². The van der Waals surface area contributed by atoms with Crippen LogP contribution in [0.15, 0.2) is 77.6 Å². The molecule has 1 saturated carbocycles. The molecule has 1 atom stereocenters. The van der Waals surface area contributed by atoms with Crippen LogP contribution in [-0.2, 0) is 0 Å². The molecule has 1 unspecified atom stereocenters.